The van der Waals surface area contributed by atoms with Crippen LogP contribution in [0.25, 0.3) is 0 Å². The quantitative estimate of drug-likeness (QED) is 0.374. The van der Waals surface area contributed by atoms with E-state index in [1.165, 1.54) is 19.3 Å². The number of hydrogen-bond acceptors (Lipinski definition) is 2. The van der Waals surface area contributed by atoms with Crippen LogP contribution in [-0.2, 0) is 11.3 Å². The fraction of sp³-hybridized carbons (Fsp3) is 0.611. The maximum absolute atomic E-state index is 6.25. The van der Waals surface area contributed by atoms with E-state index in [0.717, 1.165) is 24.6 Å². The highest BCUT2D eigenvalue weighted by Crippen LogP contribution is 2.62. The Labute approximate surface area is 176 Å². The molecule has 1 heterocycles. The summed E-state index contributed by atoms with van der Waals surface area (Å²) in [5, 5.41) is 8.37. The molecule has 0 radical (unpaired) electrons. The van der Waals surface area contributed by atoms with Gasteiger partial charge in [-0.3, -0.25) is 4.99 Å². The molecule has 3 aliphatic rings. The summed E-state index contributed by atoms with van der Waals surface area (Å²) in [6.07, 6.45) is 5.48. The highest BCUT2D eigenvalue weighted by molar-refractivity contribution is 14.0. The standard InChI is InChI=1S/C18H23Cl2N3O.HI/c1-21-17(22-10-11-3-4-12(19)9-14(11)20)23-15-13-5-8-24-16(13)18(15)6-2-7-18;/h3-4,9,13,15-16H,2,5-8,10H2,1H3,(H2,21,22,23);1H. The van der Waals surface area contributed by atoms with Crippen molar-refractivity contribution >= 4 is 53.1 Å². The third kappa shape index (κ3) is 3.37. The van der Waals surface area contributed by atoms with Crippen LogP contribution >= 0.6 is 47.2 Å². The summed E-state index contributed by atoms with van der Waals surface area (Å²) in [5.74, 6) is 1.46. The first-order valence-corrected chi connectivity index (χ1v) is 9.42. The first kappa shape index (κ1) is 19.5. The van der Waals surface area contributed by atoms with Gasteiger partial charge in [-0.15, -0.1) is 24.0 Å². The number of halogens is 3. The van der Waals surface area contributed by atoms with Crippen molar-refractivity contribution in [1.29, 1.82) is 0 Å². The minimum Gasteiger partial charge on any atom is -0.377 e. The lowest BCUT2D eigenvalue weighted by molar-refractivity contribution is -0.171. The molecule has 2 aliphatic carbocycles. The highest BCUT2D eigenvalue weighted by atomic mass is 127. The smallest absolute Gasteiger partial charge is 0.191 e. The Morgan fingerprint density at radius 3 is 2.80 bits per heavy atom. The van der Waals surface area contributed by atoms with Gasteiger partial charge in [0, 0.05) is 47.6 Å². The van der Waals surface area contributed by atoms with Crippen LogP contribution < -0.4 is 10.6 Å². The van der Waals surface area contributed by atoms with Gasteiger partial charge in [-0.1, -0.05) is 35.7 Å². The van der Waals surface area contributed by atoms with Crippen LogP contribution in [0.5, 0.6) is 0 Å². The number of nitrogens with one attached hydrogen (secondary N) is 2. The summed E-state index contributed by atoms with van der Waals surface area (Å²) in [4.78, 5) is 4.39. The zero-order chi connectivity index (χ0) is 16.7. The topological polar surface area (TPSA) is 45.7 Å². The number of rotatable bonds is 3. The van der Waals surface area contributed by atoms with Gasteiger partial charge in [0.25, 0.3) is 0 Å². The van der Waals surface area contributed by atoms with Crippen molar-refractivity contribution < 1.29 is 4.74 Å². The summed E-state index contributed by atoms with van der Waals surface area (Å²) in [5.41, 5.74) is 1.36. The molecular formula is C18H24Cl2IN3O. The predicted octanol–water partition coefficient (Wildman–Crippen LogP) is 4.23. The zero-order valence-electron chi connectivity index (χ0n) is 14.2. The van der Waals surface area contributed by atoms with Crippen LogP contribution in [0.2, 0.25) is 10.0 Å². The molecular weight excluding hydrogens is 472 g/mol. The van der Waals surface area contributed by atoms with E-state index in [9.17, 15) is 0 Å². The van der Waals surface area contributed by atoms with Gasteiger partial charge in [0.05, 0.1) is 6.10 Å². The van der Waals surface area contributed by atoms with E-state index in [0.29, 0.717) is 40.1 Å². The second-order valence-corrected chi connectivity index (χ2v) is 7.96. The SMILES string of the molecule is CN=C(NCc1ccc(Cl)cc1Cl)NC1C2CCOC2C12CCC2.I. The van der Waals surface area contributed by atoms with E-state index < -0.39 is 0 Å². The van der Waals surface area contributed by atoms with Gasteiger partial charge < -0.3 is 15.4 Å². The lowest BCUT2D eigenvalue weighted by Crippen LogP contribution is -2.72. The normalized spacial score (nSPS) is 29.2. The van der Waals surface area contributed by atoms with Crippen molar-refractivity contribution in [3.63, 3.8) is 0 Å². The first-order valence-electron chi connectivity index (χ1n) is 8.67. The molecule has 7 heteroatoms. The van der Waals surface area contributed by atoms with E-state index in [4.69, 9.17) is 27.9 Å². The van der Waals surface area contributed by atoms with Crippen LogP contribution in [0.3, 0.4) is 0 Å². The van der Waals surface area contributed by atoms with Crippen molar-refractivity contribution in [1.82, 2.24) is 10.6 Å². The largest absolute Gasteiger partial charge is 0.377 e. The van der Waals surface area contributed by atoms with Gasteiger partial charge >= 0.3 is 0 Å². The average Bonchev–Trinajstić information content (AvgIpc) is 2.92. The fourth-order valence-corrected chi connectivity index (χ4v) is 5.12. The zero-order valence-corrected chi connectivity index (χ0v) is 18.1. The van der Waals surface area contributed by atoms with Crippen LogP contribution in [0.4, 0.5) is 0 Å². The van der Waals surface area contributed by atoms with Gasteiger partial charge in [0.15, 0.2) is 5.96 Å². The van der Waals surface area contributed by atoms with Crippen molar-refractivity contribution in [2.45, 2.75) is 44.4 Å². The number of hydrogen-bond donors (Lipinski definition) is 2. The molecule has 2 saturated carbocycles. The molecule has 1 saturated heterocycles. The molecule has 3 atom stereocenters. The molecule has 1 aromatic rings. The number of nitrogens with zero attached hydrogens (tertiary/aromatic N) is 1. The number of ether oxygens (including phenoxy) is 1. The van der Waals surface area contributed by atoms with Crippen LogP contribution in [0.1, 0.15) is 31.2 Å². The third-order valence-electron chi connectivity index (χ3n) is 6.01. The minimum atomic E-state index is 0. The van der Waals surface area contributed by atoms with E-state index >= 15 is 0 Å². The lowest BCUT2D eigenvalue weighted by atomic mass is 9.46. The van der Waals surface area contributed by atoms with Crippen molar-refractivity contribution in [2.24, 2.45) is 16.3 Å². The van der Waals surface area contributed by atoms with E-state index in [1.54, 1.807) is 6.07 Å². The lowest BCUT2D eigenvalue weighted by Gasteiger charge is -2.63. The molecule has 0 amide bonds. The molecule has 4 rings (SSSR count). The molecule has 1 aromatic carbocycles. The van der Waals surface area contributed by atoms with E-state index in [2.05, 4.69) is 15.6 Å². The first-order chi connectivity index (χ1) is 11.6. The monoisotopic (exact) mass is 495 g/mol. The molecule has 0 bridgehead atoms. The van der Waals surface area contributed by atoms with Crippen LogP contribution in [0, 0.1) is 11.3 Å². The summed E-state index contributed by atoms with van der Waals surface area (Å²) >= 11 is 12.2. The molecule has 1 spiro atoms. The number of aliphatic imine (C=N–C) groups is 1. The Morgan fingerprint density at radius 2 is 2.16 bits per heavy atom. The third-order valence-corrected chi connectivity index (χ3v) is 6.60. The summed E-state index contributed by atoms with van der Waals surface area (Å²) in [7, 11) is 1.81. The Morgan fingerprint density at radius 1 is 1.36 bits per heavy atom. The molecule has 4 nitrogen and oxygen atoms in total. The van der Waals surface area contributed by atoms with Crippen LogP contribution in [0.15, 0.2) is 23.2 Å². The molecule has 138 valence electrons. The Kier molecular flexibility index (Phi) is 6.08. The number of fused-ring (bicyclic) bond motifs is 2. The molecule has 25 heavy (non-hydrogen) atoms. The molecule has 2 N–H and O–H groups in total. The van der Waals surface area contributed by atoms with E-state index in [1.807, 2.05) is 19.2 Å². The Bertz CT molecular complexity index is 666. The highest BCUT2D eigenvalue weighted by Gasteiger charge is 2.66. The van der Waals surface area contributed by atoms with E-state index in [-0.39, 0.29) is 24.0 Å². The average molecular weight is 496 g/mol. The maximum Gasteiger partial charge on any atom is 0.191 e. The van der Waals surface area contributed by atoms with Crippen molar-refractivity contribution in [3.8, 4) is 0 Å². The summed E-state index contributed by atoms with van der Waals surface area (Å²) in [6.45, 7) is 1.53. The summed E-state index contributed by atoms with van der Waals surface area (Å²) in [6, 6.07) is 6.05. The van der Waals surface area contributed by atoms with Crippen molar-refractivity contribution in [3.05, 3.63) is 33.8 Å². The minimum absolute atomic E-state index is 0. The molecule has 0 aromatic heterocycles. The number of guanidine groups is 1. The molecule has 3 fully saturated rings. The maximum atomic E-state index is 6.25. The van der Waals surface area contributed by atoms with Gasteiger partial charge in [-0.2, -0.15) is 0 Å². The predicted molar refractivity (Wildman–Crippen MR) is 113 cm³/mol. The van der Waals surface area contributed by atoms with Crippen LogP contribution in [-0.4, -0.2) is 31.8 Å². The molecule has 1 aliphatic heterocycles. The Balaban J connectivity index is 0.00000182. The second-order valence-electron chi connectivity index (χ2n) is 7.11. The summed E-state index contributed by atoms with van der Waals surface area (Å²) < 4.78 is 5.98. The second kappa shape index (κ2) is 7.79. The van der Waals surface area contributed by atoms with Gasteiger partial charge in [-0.05, 0) is 37.0 Å². The molecule has 3 unspecified atom stereocenters. The fourth-order valence-electron chi connectivity index (χ4n) is 4.64. The van der Waals surface area contributed by atoms with Gasteiger partial charge in [0.1, 0.15) is 0 Å². The van der Waals surface area contributed by atoms with Gasteiger partial charge in [0.2, 0.25) is 0 Å². The van der Waals surface area contributed by atoms with Gasteiger partial charge in [-0.25, -0.2) is 0 Å². The number of benzene rings is 1. The Hall–Kier alpha value is -0.240. The van der Waals surface area contributed by atoms with Crippen molar-refractivity contribution in [2.75, 3.05) is 13.7 Å².